The van der Waals surface area contributed by atoms with Crippen molar-refractivity contribution in [2.24, 2.45) is 0 Å². The summed E-state index contributed by atoms with van der Waals surface area (Å²) < 4.78 is 0. The lowest BCUT2D eigenvalue weighted by Gasteiger charge is -2.25. The molecule has 4 heteroatoms. The zero-order valence-electron chi connectivity index (χ0n) is 16.1. The predicted molar refractivity (Wildman–Crippen MR) is 113 cm³/mol. The summed E-state index contributed by atoms with van der Waals surface area (Å²) in [5.74, 6) is -0.116. The summed E-state index contributed by atoms with van der Waals surface area (Å²) in [4.78, 5) is 19.1. The van der Waals surface area contributed by atoms with E-state index in [0.717, 1.165) is 24.9 Å². The van der Waals surface area contributed by atoms with Gasteiger partial charge in [0.2, 0.25) is 0 Å². The predicted octanol–water partition coefficient (Wildman–Crippen LogP) is 4.53. The summed E-state index contributed by atoms with van der Waals surface area (Å²) in [5, 5.41) is 3.00. The van der Waals surface area contributed by atoms with Crippen molar-refractivity contribution >= 4 is 17.3 Å². The van der Waals surface area contributed by atoms with Gasteiger partial charge in [-0.05, 0) is 55.5 Å². The number of anilines is 2. The van der Waals surface area contributed by atoms with E-state index in [1.54, 1.807) is 6.20 Å². The third-order valence-corrected chi connectivity index (χ3v) is 5.23. The minimum absolute atomic E-state index is 0.116. The van der Waals surface area contributed by atoms with Gasteiger partial charge in [-0.15, -0.1) is 0 Å². The van der Waals surface area contributed by atoms with Crippen LogP contribution < -0.4 is 10.2 Å². The maximum atomic E-state index is 12.6. The summed E-state index contributed by atoms with van der Waals surface area (Å²) in [5.41, 5.74) is 5.34. The van der Waals surface area contributed by atoms with Crippen molar-refractivity contribution in [2.75, 3.05) is 11.4 Å². The molecule has 0 bridgehead atoms. The number of para-hydroxylation sites is 1. The third-order valence-electron chi connectivity index (χ3n) is 5.23. The SMILES string of the molecule is CC1Cc2ccccc2N1c1ccnc(C(=O)NCCCc2ccccc2)c1. The van der Waals surface area contributed by atoms with Gasteiger partial charge in [-0.1, -0.05) is 48.5 Å². The maximum Gasteiger partial charge on any atom is 0.269 e. The van der Waals surface area contributed by atoms with Gasteiger partial charge in [0.15, 0.2) is 0 Å². The first-order chi connectivity index (χ1) is 13.7. The van der Waals surface area contributed by atoms with E-state index < -0.39 is 0 Å². The number of nitrogens with one attached hydrogen (secondary N) is 1. The van der Waals surface area contributed by atoms with Gasteiger partial charge < -0.3 is 10.2 Å². The summed E-state index contributed by atoms with van der Waals surface area (Å²) >= 11 is 0. The van der Waals surface area contributed by atoms with Gasteiger partial charge in [0.1, 0.15) is 5.69 Å². The molecule has 0 spiro atoms. The number of hydrogen-bond donors (Lipinski definition) is 1. The molecular weight excluding hydrogens is 346 g/mol. The topological polar surface area (TPSA) is 45.2 Å². The Hall–Kier alpha value is -3.14. The number of aromatic nitrogens is 1. The zero-order valence-corrected chi connectivity index (χ0v) is 16.1. The summed E-state index contributed by atoms with van der Waals surface area (Å²) in [6, 6.07) is 23.0. The van der Waals surface area contributed by atoms with Gasteiger partial charge in [-0.25, -0.2) is 0 Å². The Balaban J connectivity index is 1.40. The molecule has 1 amide bonds. The highest BCUT2D eigenvalue weighted by atomic mass is 16.1. The highest BCUT2D eigenvalue weighted by Gasteiger charge is 2.27. The molecule has 2 heterocycles. The highest BCUT2D eigenvalue weighted by Crippen LogP contribution is 2.37. The average molecular weight is 371 g/mol. The molecule has 0 saturated carbocycles. The van der Waals surface area contributed by atoms with Crippen LogP contribution in [0.3, 0.4) is 0 Å². The fourth-order valence-electron chi connectivity index (χ4n) is 3.88. The Morgan fingerprint density at radius 3 is 2.75 bits per heavy atom. The van der Waals surface area contributed by atoms with E-state index in [-0.39, 0.29) is 5.91 Å². The fourth-order valence-corrected chi connectivity index (χ4v) is 3.88. The zero-order chi connectivity index (χ0) is 19.3. The van der Waals surface area contributed by atoms with Crippen molar-refractivity contribution < 1.29 is 4.79 Å². The summed E-state index contributed by atoms with van der Waals surface area (Å²) in [6.45, 7) is 2.85. The lowest BCUT2D eigenvalue weighted by atomic mass is 10.1. The van der Waals surface area contributed by atoms with Crippen LogP contribution in [-0.2, 0) is 12.8 Å². The largest absolute Gasteiger partial charge is 0.351 e. The first kappa shape index (κ1) is 18.2. The monoisotopic (exact) mass is 371 g/mol. The van der Waals surface area contributed by atoms with Crippen molar-refractivity contribution in [2.45, 2.75) is 32.2 Å². The summed E-state index contributed by atoms with van der Waals surface area (Å²) in [7, 11) is 0. The molecule has 1 atom stereocenters. The molecule has 28 heavy (non-hydrogen) atoms. The van der Waals surface area contributed by atoms with Gasteiger partial charge in [-0.3, -0.25) is 9.78 Å². The third kappa shape index (κ3) is 3.91. The van der Waals surface area contributed by atoms with E-state index in [1.807, 2.05) is 30.3 Å². The Kier molecular flexibility index (Phi) is 5.38. The Morgan fingerprint density at radius 1 is 1.11 bits per heavy atom. The molecule has 0 aliphatic carbocycles. The van der Waals surface area contributed by atoms with Crippen LogP contribution in [0.15, 0.2) is 72.9 Å². The van der Waals surface area contributed by atoms with Gasteiger partial charge >= 0.3 is 0 Å². The average Bonchev–Trinajstić information content (AvgIpc) is 3.07. The number of pyridine rings is 1. The van der Waals surface area contributed by atoms with Crippen LogP contribution in [0.25, 0.3) is 0 Å². The quantitative estimate of drug-likeness (QED) is 0.648. The number of nitrogens with zero attached hydrogens (tertiary/aromatic N) is 2. The van der Waals surface area contributed by atoms with E-state index in [9.17, 15) is 4.79 Å². The van der Waals surface area contributed by atoms with Crippen LogP contribution in [0.4, 0.5) is 11.4 Å². The number of hydrogen-bond acceptors (Lipinski definition) is 3. The number of carbonyl (C=O) groups excluding carboxylic acids is 1. The lowest BCUT2D eigenvalue weighted by molar-refractivity contribution is 0.0948. The van der Waals surface area contributed by atoms with E-state index in [2.05, 4.69) is 58.5 Å². The van der Waals surface area contributed by atoms with E-state index in [4.69, 9.17) is 0 Å². The molecule has 1 aromatic heterocycles. The van der Waals surface area contributed by atoms with Crippen LogP contribution in [0.1, 0.15) is 35.0 Å². The molecule has 1 unspecified atom stereocenters. The number of carbonyl (C=O) groups is 1. The molecule has 0 fully saturated rings. The van der Waals surface area contributed by atoms with Gasteiger partial charge in [0, 0.05) is 30.2 Å². The number of rotatable bonds is 6. The molecular formula is C24H25N3O. The number of benzene rings is 2. The van der Waals surface area contributed by atoms with Crippen LogP contribution in [-0.4, -0.2) is 23.5 Å². The van der Waals surface area contributed by atoms with E-state index >= 15 is 0 Å². The maximum absolute atomic E-state index is 12.6. The van der Waals surface area contributed by atoms with E-state index in [0.29, 0.717) is 18.3 Å². The normalized spacial score (nSPS) is 15.3. The molecule has 1 aliphatic heterocycles. The Morgan fingerprint density at radius 2 is 1.89 bits per heavy atom. The molecule has 1 aliphatic rings. The van der Waals surface area contributed by atoms with Crippen molar-refractivity contribution in [3.63, 3.8) is 0 Å². The van der Waals surface area contributed by atoms with Crippen molar-refractivity contribution in [3.05, 3.63) is 89.7 Å². The summed E-state index contributed by atoms with van der Waals surface area (Å²) in [6.07, 6.45) is 4.60. The lowest BCUT2D eigenvalue weighted by Crippen LogP contribution is -2.27. The Bertz CT molecular complexity index is 955. The van der Waals surface area contributed by atoms with E-state index in [1.165, 1.54) is 16.8 Å². The van der Waals surface area contributed by atoms with Crippen LogP contribution >= 0.6 is 0 Å². The standard InChI is InChI=1S/C24H25N3O/c1-18-16-20-11-5-6-12-23(20)27(18)21-13-15-25-22(17-21)24(28)26-14-7-10-19-8-3-2-4-9-19/h2-6,8-9,11-13,15,17-18H,7,10,14,16H2,1H3,(H,26,28). The molecule has 0 radical (unpaired) electrons. The highest BCUT2D eigenvalue weighted by molar-refractivity contribution is 5.93. The number of fused-ring (bicyclic) bond motifs is 1. The van der Waals surface area contributed by atoms with Crippen molar-refractivity contribution in [1.82, 2.24) is 10.3 Å². The van der Waals surface area contributed by atoms with Crippen molar-refractivity contribution in [1.29, 1.82) is 0 Å². The molecule has 0 saturated heterocycles. The van der Waals surface area contributed by atoms with Gasteiger partial charge in [-0.2, -0.15) is 0 Å². The van der Waals surface area contributed by atoms with Gasteiger partial charge in [0.25, 0.3) is 5.91 Å². The first-order valence-electron chi connectivity index (χ1n) is 9.87. The second kappa shape index (κ2) is 8.26. The van der Waals surface area contributed by atoms with Crippen LogP contribution in [0.5, 0.6) is 0 Å². The van der Waals surface area contributed by atoms with Crippen LogP contribution in [0, 0.1) is 0 Å². The molecule has 3 aromatic rings. The smallest absolute Gasteiger partial charge is 0.269 e. The second-order valence-corrected chi connectivity index (χ2v) is 7.30. The fraction of sp³-hybridized carbons (Fsp3) is 0.250. The second-order valence-electron chi connectivity index (χ2n) is 7.30. The molecule has 4 rings (SSSR count). The molecule has 1 N–H and O–H groups in total. The number of amides is 1. The first-order valence-corrected chi connectivity index (χ1v) is 9.87. The minimum atomic E-state index is -0.116. The van der Waals surface area contributed by atoms with Crippen LogP contribution in [0.2, 0.25) is 0 Å². The van der Waals surface area contributed by atoms with Crippen molar-refractivity contribution in [3.8, 4) is 0 Å². The molecule has 142 valence electrons. The van der Waals surface area contributed by atoms with Gasteiger partial charge in [0.05, 0.1) is 0 Å². The molecule has 2 aromatic carbocycles. The minimum Gasteiger partial charge on any atom is -0.351 e. The Labute approximate surface area is 166 Å². The molecule has 4 nitrogen and oxygen atoms in total. The number of aryl methyl sites for hydroxylation is 1.